The van der Waals surface area contributed by atoms with Crippen LogP contribution in [0.2, 0.25) is 0 Å². The van der Waals surface area contributed by atoms with E-state index in [0.717, 1.165) is 31.5 Å². The Morgan fingerprint density at radius 1 is 1.14 bits per heavy atom. The number of carbonyl (C=O) groups excluding carboxylic acids is 1. The van der Waals surface area contributed by atoms with Gasteiger partial charge in [0, 0.05) is 38.4 Å². The number of methoxy groups -OCH3 is 1. The van der Waals surface area contributed by atoms with Crippen LogP contribution in [0.3, 0.4) is 0 Å². The number of hydrogen-bond acceptors (Lipinski definition) is 7. The van der Waals surface area contributed by atoms with E-state index in [9.17, 15) is 4.79 Å². The number of amides is 1. The van der Waals surface area contributed by atoms with Crippen LogP contribution in [-0.2, 0) is 4.79 Å². The van der Waals surface area contributed by atoms with Gasteiger partial charge in [0.05, 0.1) is 7.11 Å². The third-order valence-corrected chi connectivity index (χ3v) is 4.94. The fourth-order valence-corrected chi connectivity index (χ4v) is 3.34. The molecule has 0 saturated heterocycles. The van der Waals surface area contributed by atoms with Crippen molar-refractivity contribution in [2.45, 2.75) is 37.8 Å². The van der Waals surface area contributed by atoms with Crippen LogP contribution in [0.4, 0.5) is 11.8 Å². The Morgan fingerprint density at radius 3 is 2.59 bits per heavy atom. The highest BCUT2D eigenvalue weighted by Gasteiger charge is 2.23. The van der Waals surface area contributed by atoms with Gasteiger partial charge in [0.1, 0.15) is 17.3 Å². The summed E-state index contributed by atoms with van der Waals surface area (Å²) in [5.41, 5.74) is 0. The van der Waals surface area contributed by atoms with Crippen LogP contribution >= 0.6 is 0 Å². The first kappa shape index (κ1) is 20.7. The minimum atomic E-state index is -0.105. The van der Waals surface area contributed by atoms with Crippen LogP contribution < -0.4 is 25.0 Å². The van der Waals surface area contributed by atoms with Gasteiger partial charge in [0.15, 0.2) is 6.61 Å². The van der Waals surface area contributed by atoms with Crippen molar-refractivity contribution < 1.29 is 14.3 Å². The van der Waals surface area contributed by atoms with Crippen LogP contribution in [0.1, 0.15) is 25.7 Å². The molecule has 1 aromatic heterocycles. The molecule has 8 heteroatoms. The molecule has 156 valence electrons. The number of benzene rings is 1. The maximum Gasteiger partial charge on any atom is 0.258 e. The van der Waals surface area contributed by atoms with E-state index < -0.39 is 0 Å². The number of rotatable bonds is 8. The molecule has 2 aromatic rings. The molecule has 1 fully saturated rings. The smallest absolute Gasteiger partial charge is 0.258 e. The van der Waals surface area contributed by atoms with E-state index in [1.54, 1.807) is 25.4 Å². The summed E-state index contributed by atoms with van der Waals surface area (Å²) in [5, 5.41) is 6.47. The van der Waals surface area contributed by atoms with E-state index in [1.807, 2.05) is 37.2 Å². The summed E-state index contributed by atoms with van der Waals surface area (Å²) >= 11 is 0. The van der Waals surface area contributed by atoms with E-state index in [1.165, 1.54) is 0 Å². The van der Waals surface area contributed by atoms with Gasteiger partial charge in [-0.15, -0.1) is 0 Å². The van der Waals surface area contributed by atoms with Gasteiger partial charge in [-0.1, -0.05) is 6.07 Å². The molecule has 3 rings (SSSR count). The Morgan fingerprint density at radius 2 is 1.86 bits per heavy atom. The molecule has 1 aliphatic carbocycles. The van der Waals surface area contributed by atoms with Gasteiger partial charge in [-0.25, -0.2) is 4.98 Å². The molecule has 1 heterocycles. The van der Waals surface area contributed by atoms with Gasteiger partial charge in [-0.2, -0.15) is 4.98 Å². The van der Waals surface area contributed by atoms with Gasteiger partial charge in [-0.3, -0.25) is 4.79 Å². The van der Waals surface area contributed by atoms with Crippen molar-refractivity contribution in [3.8, 4) is 11.5 Å². The molecule has 1 aliphatic rings. The fourth-order valence-electron chi connectivity index (χ4n) is 3.34. The maximum absolute atomic E-state index is 12.2. The molecular formula is C21H29N5O3. The van der Waals surface area contributed by atoms with Crippen molar-refractivity contribution >= 4 is 17.7 Å². The summed E-state index contributed by atoms with van der Waals surface area (Å²) in [6, 6.07) is 9.60. The van der Waals surface area contributed by atoms with E-state index in [0.29, 0.717) is 23.5 Å². The first-order valence-electron chi connectivity index (χ1n) is 9.86. The molecule has 2 N–H and O–H groups in total. The Balaban J connectivity index is 1.40. The molecule has 1 saturated carbocycles. The molecule has 29 heavy (non-hydrogen) atoms. The van der Waals surface area contributed by atoms with E-state index in [4.69, 9.17) is 9.47 Å². The largest absolute Gasteiger partial charge is 0.497 e. The summed E-state index contributed by atoms with van der Waals surface area (Å²) in [7, 11) is 5.51. The second-order valence-corrected chi connectivity index (χ2v) is 7.36. The number of nitrogens with zero attached hydrogens (tertiary/aromatic N) is 3. The number of carbonyl (C=O) groups is 1. The lowest BCUT2D eigenvalue weighted by Crippen LogP contribution is -2.42. The standard InChI is InChI=1S/C21H29N5O3/c1-26(2)19-11-12-22-21(25-19)24-16-9-7-15(8-10-16)23-20(27)14-29-18-6-4-5-17(13-18)28-3/h4-6,11-13,15-16H,7-10,14H2,1-3H3,(H,23,27)(H,22,24,25). The maximum atomic E-state index is 12.2. The quantitative estimate of drug-likeness (QED) is 0.705. The molecule has 0 bridgehead atoms. The van der Waals surface area contributed by atoms with Crippen LogP contribution in [-0.4, -0.2) is 55.8 Å². The normalized spacial score (nSPS) is 18.6. The van der Waals surface area contributed by atoms with Crippen LogP contribution in [0.15, 0.2) is 36.5 Å². The van der Waals surface area contributed by atoms with Gasteiger partial charge >= 0.3 is 0 Å². The highest BCUT2D eigenvalue weighted by molar-refractivity contribution is 5.77. The monoisotopic (exact) mass is 399 g/mol. The second kappa shape index (κ2) is 9.95. The highest BCUT2D eigenvalue weighted by Crippen LogP contribution is 2.22. The van der Waals surface area contributed by atoms with Crippen molar-refractivity contribution in [3.05, 3.63) is 36.5 Å². The minimum absolute atomic E-state index is 0.00346. The summed E-state index contributed by atoms with van der Waals surface area (Å²) in [4.78, 5) is 23.0. The van der Waals surface area contributed by atoms with E-state index in [-0.39, 0.29) is 18.6 Å². The molecule has 0 spiro atoms. The Labute approximate surface area is 171 Å². The van der Waals surface area contributed by atoms with Crippen molar-refractivity contribution in [1.29, 1.82) is 0 Å². The zero-order valence-corrected chi connectivity index (χ0v) is 17.2. The molecule has 1 aromatic carbocycles. The fraction of sp³-hybridized carbons (Fsp3) is 0.476. The molecule has 1 amide bonds. The number of anilines is 2. The highest BCUT2D eigenvalue weighted by atomic mass is 16.5. The molecule has 8 nitrogen and oxygen atoms in total. The lowest BCUT2D eigenvalue weighted by atomic mass is 9.91. The second-order valence-electron chi connectivity index (χ2n) is 7.36. The Bertz CT molecular complexity index is 806. The van der Waals surface area contributed by atoms with Gasteiger partial charge in [0.2, 0.25) is 5.95 Å². The first-order chi connectivity index (χ1) is 14.0. The molecule has 0 radical (unpaired) electrons. The average Bonchev–Trinajstić information content (AvgIpc) is 2.74. The number of hydrogen-bond donors (Lipinski definition) is 2. The van der Waals surface area contributed by atoms with E-state index >= 15 is 0 Å². The first-order valence-corrected chi connectivity index (χ1v) is 9.86. The summed E-state index contributed by atoms with van der Waals surface area (Å²) in [6.07, 6.45) is 5.50. The van der Waals surface area contributed by atoms with Crippen molar-refractivity contribution in [1.82, 2.24) is 15.3 Å². The average molecular weight is 399 g/mol. The lowest BCUT2D eigenvalue weighted by Gasteiger charge is -2.29. The lowest BCUT2D eigenvalue weighted by molar-refractivity contribution is -0.124. The van der Waals surface area contributed by atoms with Crippen molar-refractivity contribution in [3.63, 3.8) is 0 Å². The van der Waals surface area contributed by atoms with Gasteiger partial charge in [0.25, 0.3) is 5.91 Å². The van der Waals surface area contributed by atoms with Gasteiger partial charge < -0.3 is 25.0 Å². The summed E-state index contributed by atoms with van der Waals surface area (Å²) < 4.78 is 10.7. The summed E-state index contributed by atoms with van der Waals surface area (Å²) in [5.74, 6) is 2.74. The molecule has 0 unspecified atom stereocenters. The Hall–Kier alpha value is -3.03. The third-order valence-electron chi connectivity index (χ3n) is 4.94. The predicted molar refractivity (Wildman–Crippen MR) is 113 cm³/mol. The third kappa shape index (κ3) is 6.23. The van der Waals surface area contributed by atoms with Crippen LogP contribution in [0.5, 0.6) is 11.5 Å². The zero-order valence-electron chi connectivity index (χ0n) is 17.2. The topological polar surface area (TPSA) is 88.6 Å². The predicted octanol–water partition coefficient (Wildman–Crippen LogP) is 2.47. The van der Waals surface area contributed by atoms with E-state index in [2.05, 4.69) is 20.6 Å². The minimum Gasteiger partial charge on any atom is -0.497 e. The summed E-state index contributed by atoms with van der Waals surface area (Å²) in [6.45, 7) is -0.00346. The van der Waals surface area contributed by atoms with Crippen molar-refractivity contribution in [2.75, 3.05) is 38.0 Å². The SMILES string of the molecule is COc1cccc(OCC(=O)NC2CCC(Nc3nccc(N(C)C)n3)CC2)c1. The van der Waals surface area contributed by atoms with Gasteiger partial charge in [-0.05, 0) is 43.9 Å². The van der Waals surface area contributed by atoms with Crippen LogP contribution in [0.25, 0.3) is 0 Å². The molecule has 0 atom stereocenters. The van der Waals surface area contributed by atoms with Crippen LogP contribution in [0, 0.1) is 0 Å². The zero-order chi connectivity index (χ0) is 20.6. The number of nitrogens with one attached hydrogen (secondary N) is 2. The number of aromatic nitrogens is 2. The number of ether oxygens (including phenoxy) is 2. The molecule has 0 aliphatic heterocycles. The molecular weight excluding hydrogens is 370 g/mol. The van der Waals surface area contributed by atoms with Crippen molar-refractivity contribution in [2.24, 2.45) is 0 Å². The Kier molecular flexibility index (Phi) is 7.10.